The van der Waals surface area contributed by atoms with Gasteiger partial charge in [0.15, 0.2) is 0 Å². The number of carbonyl (C=O) groups excluding carboxylic acids is 1. The van der Waals surface area contributed by atoms with Gasteiger partial charge in [-0.05, 0) is 62.8 Å². The number of hydrogen-bond acceptors (Lipinski definition) is 5. The van der Waals surface area contributed by atoms with Crippen molar-refractivity contribution in [3.8, 4) is 5.88 Å². The molecular formula is C28H36F3N3O3. The fourth-order valence-corrected chi connectivity index (χ4v) is 4.98. The van der Waals surface area contributed by atoms with Crippen molar-refractivity contribution < 1.29 is 27.4 Å². The van der Waals surface area contributed by atoms with Crippen LogP contribution in [-0.2, 0) is 17.5 Å². The Morgan fingerprint density at radius 2 is 1.70 bits per heavy atom. The summed E-state index contributed by atoms with van der Waals surface area (Å²) in [6.45, 7) is 7.93. The molecule has 2 fully saturated rings. The van der Waals surface area contributed by atoms with Gasteiger partial charge in [0.1, 0.15) is 12.2 Å². The smallest absolute Gasteiger partial charge is 0.416 e. The zero-order chi connectivity index (χ0) is 26.6. The third kappa shape index (κ3) is 7.29. The molecule has 1 aliphatic carbocycles. The number of benzene rings is 1. The minimum absolute atomic E-state index is 0.00887. The largest absolute Gasteiger partial charge is 0.473 e. The first-order valence-electron chi connectivity index (χ1n) is 13.0. The summed E-state index contributed by atoms with van der Waals surface area (Å²) in [5, 5.41) is 0. The Hall–Kier alpha value is -2.97. The quantitative estimate of drug-likeness (QED) is 0.436. The van der Waals surface area contributed by atoms with E-state index in [2.05, 4.69) is 9.88 Å². The minimum atomic E-state index is -4.39. The summed E-state index contributed by atoms with van der Waals surface area (Å²) in [6, 6.07) is 8.18. The van der Waals surface area contributed by atoms with Crippen LogP contribution in [-0.4, -0.2) is 47.8 Å². The van der Waals surface area contributed by atoms with Crippen molar-refractivity contribution in [3.63, 3.8) is 0 Å². The molecule has 0 bridgehead atoms. The molecule has 0 unspecified atom stereocenters. The van der Waals surface area contributed by atoms with Gasteiger partial charge in [-0.2, -0.15) is 13.2 Å². The lowest BCUT2D eigenvalue weighted by Gasteiger charge is -2.36. The second-order valence-electron chi connectivity index (χ2n) is 10.9. The van der Waals surface area contributed by atoms with Gasteiger partial charge in [-0.15, -0.1) is 0 Å². The first-order valence-corrected chi connectivity index (χ1v) is 13.0. The maximum atomic E-state index is 13.8. The van der Waals surface area contributed by atoms with Crippen LogP contribution in [0.2, 0.25) is 0 Å². The van der Waals surface area contributed by atoms with Crippen LogP contribution in [0, 0.1) is 0 Å². The summed E-state index contributed by atoms with van der Waals surface area (Å²) >= 11 is 0. The lowest BCUT2D eigenvalue weighted by molar-refractivity contribution is -0.138. The summed E-state index contributed by atoms with van der Waals surface area (Å²) in [5.41, 5.74) is 0.697. The molecule has 1 amide bonds. The van der Waals surface area contributed by atoms with Gasteiger partial charge >= 0.3 is 12.3 Å². The molecule has 2 aliphatic rings. The highest BCUT2D eigenvalue weighted by Crippen LogP contribution is 2.41. The van der Waals surface area contributed by atoms with Crippen molar-refractivity contribution in [1.29, 1.82) is 0 Å². The molecule has 6 nitrogen and oxygen atoms in total. The van der Waals surface area contributed by atoms with Crippen LogP contribution >= 0.6 is 0 Å². The molecule has 37 heavy (non-hydrogen) atoms. The number of amides is 1. The van der Waals surface area contributed by atoms with Crippen molar-refractivity contribution in [2.45, 2.75) is 77.2 Å². The molecule has 1 aliphatic heterocycles. The van der Waals surface area contributed by atoms with Crippen LogP contribution in [0.4, 0.5) is 23.7 Å². The van der Waals surface area contributed by atoms with Crippen molar-refractivity contribution in [1.82, 2.24) is 9.88 Å². The molecule has 0 atom stereocenters. The average Bonchev–Trinajstić information content (AvgIpc) is 2.87. The molecule has 1 saturated heterocycles. The molecule has 0 spiro atoms. The molecule has 1 aromatic heterocycles. The summed E-state index contributed by atoms with van der Waals surface area (Å²) in [4.78, 5) is 20.4. The monoisotopic (exact) mass is 519 g/mol. The van der Waals surface area contributed by atoms with Crippen molar-refractivity contribution in [3.05, 3.63) is 53.2 Å². The minimum Gasteiger partial charge on any atom is -0.473 e. The summed E-state index contributed by atoms with van der Waals surface area (Å²) in [6.07, 6.45) is 1.66. The highest BCUT2D eigenvalue weighted by atomic mass is 19.4. The molecular weight excluding hydrogens is 483 g/mol. The summed E-state index contributed by atoms with van der Waals surface area (Å²) in [5.74, 6) is 0.321. The van der Waals surface area contributed by atoms with Crippen LogP contribution < -0.4 is 9.64 Å². The molecule has 2 aromatic rings. The third-order valence-corrected chi connectivity index (χ3v) is 6.87. The first kappa shape index (κ1) is 27.1. The van der Waals surface area contributed by atoms with Crippen molar-refractivity contribution >= 4 is 11.8 Å². The number of nitrogens with zero attached hydrogens (tertiary/aromatic N) is 3. The van der Waals surface area contributed by atoms with Gasteiger partial charge in [-0.1, -0.05) is 31.4 Å². The fraction of sp³-hybridized carbons (Fsp3) is 0.571. The Balaban J connectivity index is 1.33. The van der Waals surface area contributed by atoms with E-state index in [0.717, 1.165) is 37.8 Å². The van der Waals surface area contributed by atoms with Crippen LogP contribution in [0.25, 0.3) is 0 Å². The number of ether oxygens (including phenoxy) is 2. The van der Waals surface area contributed by atoms with Crippen LogP contribution in [0.5, 0.6) is 5.88 Å². The van der Waals surface area contributed by atoms with E-state index in [0.29, 0.717) is 43.2 Å². The maximum absolute atomic E-state index is 13.8. The van der Waals surface area contributed by atoms with E-state index in [1.54, 1.807) is 29.3 Å². The van der Waals surface area contributed by atoms with Gasteiger partial charge in [0.05, 0.1) is 17.4 Å². The summed E-state index contributed by atoms with van der Waals surface area (Å²) in [7, 11) is 0. The van der Waals surface area contributed by atoms with E-state index >= 15 is 0 Å². The lowest BCUT2D eigenvalue weighted by atomic mass is 9.81. The number of alkyl halides is 3. The van der Waals surface area contributed by atoms with Gasteiger partial charge in [0, 0.05) is 32.2 Å². The van der Waals surface area contributed by atoms with E-state index < -0.39 is 17.3 Å². The van der Waals surface area contributed by atoms with Crippen molar-refractivity contribution in [2.24, 2.45) is 0 Å². The topological polar surface area (TPSA) is 54.9 Å². The second kappa shape index (κ2) is 11.2. The Bertz CT molecular complexity index is 1050. The number of hydrogen-bond donors (Lipinski definition) is 0. The number of aromatic nitrogens is 1. The van der Waals surface area contributed by atoms with E-state index in [-0.39, 0.29) is 18.6 Å². The Morgan fingerprint density at radius 3 is 2.30 bits per heavy atom. The molecule has 2 heterocycles. The predicted molar refractivity (Wildman–Crippen MR) is 136 cm³/mol. The van der Waals surface area contributed by atoms with Gasteiger partial charge in [0.25, 0.3) is 0 Å². The van der Waals surface area contributed by atoms with Gasteiger partial charge in [0.2, 0.25) is 5.88 Å². The first-order chi connectivity index (χ1) is 17.5. The number of carbonyl (C=O) groups is 1. The number of halogens is 3. The molecule has 1 saturated carbocycles. The molecule has 0 radical (unpaired) electrons. The van der Waals surface area contributed by atoms with E-state index in [1.165, 1.54) is 6.07 Å². The second-order valence-corrected chi connectivity index (χ2v) is 10.9. The van der Waals surface area contributed by atoms with Crippen LogP contribution in [0.3, 0.4) is 0 Å². The molecule has 0 N–H and O–H groups in total. The molecule has 9 heteroatoms. The van der Waals surface area contributed by atoms with E-state index in [9.17, 15) is 18.0 Å². The zero-order valence-corrected chi connectivity index (χ0v) is 21.8. The number of piperazine rings is 1. The molecule has 4 rings (SSSR count). The standard InChI is InChI=1S/C28H36F3N3O3/c1-27(2,3)37-26(35)34-15-13-33(14-16-34)22-10-12-25(32-18-22)36-19-20-9-11-23(21-7-5-4-6-8-21)24(17-20)28(29,30)31/h9-12,17-18,21H,4-8,13-16,19H2,1-3H3. The van der Waals surface area contributed by atoms with Crippen molar-refractivity contribution in [2.75, 3.05) is 31.1 Å². The van der Waals surface area contributed by atoms with Crippen LogP contribution in [0.1, 0.15) is 75.5 Å². The van der Waals surface area contributed by atoms with Gasteiger partial charge in [-0.25, -0.2) is 9.78 Å². The highest BCUT2D eigenvalue weighted by molar-refractivity contribution is 5.68. The SMILES string of the molecule is CC(C)(C)OC(=O)N1CCN(c2ccc(OCc3ccc(C4CCCCC4)c(C(F)(F)F)c3)nc2)CC1. The predicted octanol–water partition coefficient (Wildman–Crippen LogP) is 6.78. The van der Waals surface area contributed by atoms with Crippen LogP contribution in [0.15, 0.2) is 36.5 Å². The van der Waals surface area contributed by atoms with Gasteiger partial charge < -0.3 is 19.3 Å². The fourth-order valence-electron chi connectivity index (χ4n) is 4.98. The molecule has 1 aromatic carbocycles. The number of pyridine rings is 1. The number of rotatable bonds is 5. The average molecular weight is 520 g/mol. The third-order valence-electron chi connectivity index (χ3n) is 6.87. The Kier molecular flexibility index (Phi) is 8.19. The van der Waals surface area contributed by atoms with E-state index in [4.69, 9.17) is 9.47 Å². The Labute approximate surface area is 216 Å². The normalized spacial score (nSPS) is 17.6. The lowest BCUT2D eigenvalue weighted by Crippen LogP contribution is -2.50. The highest BCUT2D eigenvalue weighted by Gasteiger charge is 2.36. The van der Waals surface area contributed by atoms with Gasteiger partial charge in [-0.3, -0.25) is 0 Å². The zero-order valence-electron chi connectivity index (χ0n) is 21.8. The number of anilines is 1. The Morgan fingerprint density at radius 1 is 1.00 bits per heavy atom. The molecule has 202 valence electrons. The van der Waals surface area contributed by atoms with E-state index in [1.807, 2.05) is 26.8 Å². The maximum Gasteiger partial charge on any atom is 0.416 e. The summed E-state index contributed by atoms with van der Waals surface area (Å²) < 4.78 is 52.6.